The molecule has 0 radical (unpaired) electrons. The number of carboxylic acids is 1. The Kier molecular flexibility index (Phi) is 4.80. The summed E-state index contributed by atoms with van der Waals surface area (Å²) in [5.41, 5.74) is 0. The van der Waals surface area contributed by atoms with Crippen molar-refractivity contribution in [2.75, 3.05) is 20.1 Å². The number of likely N-dealkylation sites (N-methyl/N-ethyl adjacent to an activating group) is 1. The second kappa shape index (κ2) is 6.37. The molecule has 5 nitrogen and oxygen atoms in total. The van der Waals surface area contributed by atoms with Crippen LogP contribution >= 0.6 is 0 Å². The number of piperazine rings is 1. The van der Waals surface area contributed by atoms with E-state index < -0.39 is 5.97 Å². The number of hydrogen-bond acceptors (Lipinski definition) is 3. The number of carbonyl (C=O) groups excluding carboxylic acids is 1. The maximum Gasteiger partial charge on any atom is 0.305 e. The van der Waals surface area contributed by atoms with Gasteiger partial charge in [0, 0.05) is 25.7 Å². The second-order valence-corrected chi connectivity index (χ2v) is 5.84. The van der Waals surface area contributed by atoms with Gasteiger partial charge < -0.3 is 10.0 Å². The third kappa shape index (κ3) is 3.69. The van der Waals surface area contributed by atoms with E-state index in [-0.39, 0.29) is 18.4 Å². The summed E-state index contributed by atoms with van der Waals surface area (Å²) in [6, 6.07) is 0.368. The number of amides is 1. The van der Waals surface area contributed by atoms with Crippen LogP contribution in [0.1, 0.15) is 44.9 Å². The number of aliphatic carboxylic acids is 1. The summed E-state index contributed by atoms with van der Waals surface area (Å²) < 4.78 is 0. The van der Waals surface area contributed by atoms with Crippen LogP contribution in [0.4, 0.5) is 0 Å². The predicted molar refractivity (Wildman–Crippen MR) is 71.9 cm³/mol. The van der Waals surface area contributed by atoms with Gasteiger partial charge in [0.15, 0.2) is 0 Å². The summed E-state index contributed by atoms with van der Waals surface area (Å²) in [5, 5.41) is 9.06. The Morgan fingerprint density at radius 1 is 1.26 bits per heavy atom. The molecule has 2 rings (SSSR count). The first-order chi connectivity index (χ1) is 9.08. The lowest BCUT2D eigenvalue weighted by Crippen LogP contribution is -2.58. The smallest absolute Gasteiger partial charge is 0.305 e. The molecule has 0 aromatic rings. The molecule has 1 amide bonds. The van der Waals surface area contributed by atoms with Crippen LogP contribution in [-0.4, -0.2) is 59.0 Å². The fourth-order valence-electron chi connectivity index (χ4n) is 3.33. The van der Waals surface area contributed by atoms with E-state index in [1.807, 2.05) is 0 Å². The summed E-state index contributed by atoms with van der Waals surface area (Å²) in [6.07, 6.45) is 7.27. The molecule has 1 aliphatic heterocycles. The summed E-state index contributed by atoms with van der Waals surface area (Å²) in [5.74, 6) is -0.655. The van der Waals surface area contributed by atoms with Crippen molar-refractivity contribution >= 4 is 11.9 Å². The Labute approximate surface area is 114 Å². The van der Waals surface area contributed by atoms with Crippen molar-refractivity contribution in [1.29, 1.82) is 0 Å². The zero-order valence-corrected chi connectivity index (χ0v) is 11.7. The summed E-state index contributed by atoms with van der Waals surface area (Å²) in [6.45, 7) is 0.931. The Hall–Kier alpha value is -1.10. The van der Waals surface area contributed by atoms with Gasteiger partial charge in [0.25, 0.3) is 0 Å². The standard InChI is InChI=1S/C14H24N2O3/c1-15-9-12(8-14(18)19)16(10-13(15)17)11-6-4-2-3-5-7-11/h11-12H,2-10H2,1H3,(H,18,19). The van der Waals surface area contributed by atoms with Crippen LogP contribution in [0, 0.1) is 0 Å². The van der Waals surface area contributed by atoms with Gasteiger partial charge in [0.1, 0.15) is 0 Å². The predicted octanol–water partition coefficient (Wildman–Crippen LogP) is 1.33. The van der Waals surface area contributed by atoms with E-state index in [9.17, 15) is 9.59 Å². The Bertz CT molecular complexity index is 338. The molecule has 1 heterocycles. The topological polar surface area (TPSA) is 60.9 Å². The maximum atomic E-state index is 11.9. The fourth-order valence-corrected chi connectivity index (χ4v) is 3.33. The van der Waals surface area contributed by atoms with Gasteiger partial charge in [-0.3, -0.25) is 14.5 Å². The highest BCUT2D eigenvalue weighted by molar-refractivity contribution is 5.79. The van der Waals surface area contributed by atoms with Gasteiger partial charge in [-0.2, -0.15) is 0 Å². The van der Waals surface area contributed by atoms with E-state index in [1.165, 1.54) is 25.7 Å². The molecule has 1 saturated carbocycles. The molecule has 0 aromatic carbocycles. The van der Waals surface area contributed by atoms with Gasteiger partial charge >= 0.3 is 5.97 Å². The summed E-state index contributed by atoms with van der Waals surface area (Å²) in [4.78, 5) is 26.8. The number of carboxylic acid groups (broad SMARTS) is 1. The van der Waals surface area contributed by atoms with E-state index in [4.69, 9.17) is 5.11 Å². The van der Waals surface area contributed by atoms with Gasteiger partial charge in [-0.05, 0) is 12.8 Å². The largest absolute Gasteiger partial charge is 0.481 e. The molecule has 19 heavy (non-hydrogen) atoms. The molecule has 2 fully saturated rings. The van der Waals surface area contributed by atoms with Gasteiger partial charge in [-0.25, -0.2) is 0 Å². The molecule has 2 aliphatic rings. The van der Waals surface area contributed by atoms with Crippen molar-refractivity contribution in [2.24, 2.45) is 0 Å². The van der Waals surface area contributed by atoms with Crippen LogP contribution in [0.5, 0.6) is 0 Å². The van der Waals surface area contributed by atoms with Gasteiger partial charge in [-0.15, -0.1) is 0 Å². The van der Waals surface area contributed by atoms with Crippen LogP contribution in [-0.2, 0) is 9.59 Å². The van der Waals surface area contributed by atoms with E-state index in [0.717, 1.165) is 12.8 Å². The molecule has 1 saturated heterocycles. The highest BCUT2D eigenvalue weighted by Crippen LogP contribution is 2.26. The monoisotopic (exact) mass is 268 g/mol. The molecular formula is C14H24N2O3. The molecule has 1 aliphatic carbocycles. The first-order valence-corrected chi connectivity index (χ1v) is 7.29. The molecule has 0 aromatic heterocycles. The highest BCUT2D eigenvalue weighted by atomic mass is 16.4. The quantitative estimate of drug-likeness (QED) is 0.784. The van der Waals surface area contributed by atoms with Gasteiger partial charge in [-0.1, -0.05) is 25.7 Å². The lowest BCUT2D eigenvalue weighted by atomic mass is 10.0. The average Bonchev–Trinajstić information content (AvgIpc) is 2.61. The van der Waals surface area contributed by atoms with Crippen molar-refractivity contribution in [3.63, 3.8) is 0 Å². The molecule has 1 unspecified atom stereocenters. The Morgan fingerprint density at radius 3 is 2.47 bits per heavy atom. The third-order valence-electron chi connectivity index (χ3n) is 4.40. The van der Waals surface area contributed by atoms with Crippen LogP contribution in [0.25, 0.3) is 0 Å². The Morgan fingerprint density at radius 2 is 1.89 bits per heavy atom. The SMILES string of the molecule is CN1CC(CC(=O)O)N(C2CCCCCC2)CC1=O. The maximum absolute atomic E-state index is 11.9. The lowest BCUT2D eigenvalue weighted by Gasteiger charge is -2.43. The average molecular weight is 268 g/mol. The van der Waals surface area contributed by atoms with E-state index >= 15 is 0 Å². The van der Waals surface area contributed by atoms with Crippen molar-refractivity contribution in [3.05, 3.63) is 0 Å². The molecule has 1 N–H and O–H groups in total. The first-order valence-electron chi connectivity index (χ1n) is 7.29. The van der Waals surface area contributed by atoms with Crippen molar-refractivity contribution in [3.8, 4) is 0 Å². The summed E-state index contributed by atoms with van der Waals surface area (Å²) in [7, 11) is 1.77. The summed E-state index contributed by atoms with van der Waals surface area (Å²) >= 11 is 0. The minimum atomic E-state index is -0.772. The van der Waals surface area contributed by atoms with Crippen molar-refractivity contribution in [1.82, 2.24) is 9.80 Å². The van der Waals surface area contributed by atoms with E-state index in [2.05, 4.69) is 4.90 Å². The number of carbonyl (C=O) groups is 2. The molecule has 5 heteroatoms. The fraction of sp³-hybridized carbons (Fsp3) is 0.857. The molecule has 0 bridgehead atoms. The highest BCUT2D eigenvalue weighted by Gasteiger charge is 2.35. The number of nitrogens with zero attached hydrogens (tertiary/aromatic N) is 2. The van der Waals surface area contributed by atoms with Crippen LogP contribution < -0.4 is 0 Å². The molecule has 1 atom stereocenters. The van der Waals surface area contributed by atoms with Crippen LogP contribution in [0.15, 0.2) is 0 Å². The Balaban J connectivity index is 2.07. The minimum Gasteiger partial charge on any atom is -0.481 e. The minimum absolute atomic E-state index is 0.0247. The van der Waals surface area contributed by atoms with E-state index in [1.54, 1.807) is 11.9 Å². The van der Waals surface area contributed by atoms with Crippen molar-refractivity contribution in [2.45, 2.75) is 57.0 Å². The zero-order chi connectivity index (χ0) is 13.8. The van der Waals surface area contributed by atoms with Crippen LogP contribution in [0.2, 0.25) is 0 Å². The lowest BCUT2D eigenvalue weighted by molar-refractivity contribution is -0.145. The first kappa shape index (κ1) is 14.3. The van der Waals surface area contributed by atoms with E-state index in [0.29, 0.717) is 19.1 Å². The molecule has 0 spiro atoms. The van der Waals surface area contributed by atoms with Crippen molar-refractivity contribution < 1.29 is 14.7 Å². The van der Waals surface area contributed by atoms with Gasteiger partial charge in [0.05, 0.1) is 13.0 Å². The molecular weight excluding hydrogens is 244 g/mol. The van der Waals surface area contributed by atoms with Gasteiger partial charge in [0.2, 0.25) is 5.91 Å². The molecule has 108 valence electrons. The normalized spacial score (nSPS) is 27.3. The zero-order valence-electron chi connectivity index (χ0n) is 11.7. The third-order valence-corrected chi connectivity index (χ3v) is 4.40. The number of rotatable bonds is 3. The second-order valence-electron chi connectivity index (χ2n) is 5.84. The van der Waals surface area contributed by atoms with Crippen LogP contribution in [0.3, 0.4) is 0 Å². The number of hydrogen-bond donors (Lipinski definition) is 1.